The molecule has 6 nitrogen and oxygen atoms in total. The molecule has 0 aliphatic rings. The van der Waals surface area contributed by atoms with Crippen LogP contribution in [0.3, 0.4) is 0 Å². The van der Waals surface area contributed by atoms with Gasteiger partial charge in [0.05, 0.1) is 13.2 Å². The number of methoxy groups -OCH3 is 1. The predicted molar refractivity (Wildman–Crippen MR) is 141 cm³/mol. The van der Waals surface area contributed by atoms with E-state index in [-0.39, 0.29) is 5.91 Å². The molecule has 0 radical (unpaired) electrons. The highest BCUT2D eigenvalue weighted by Gasteiger charge is 2.35. The topological polar surface area (TPSA) is 67.9 Å². The maximum absolute atomic E-state index is 13.9. The monoisotopic (exact) mass is 492 g/mol. The molecule has 0 saturated heterocycles. The van der Waals surface area contributed by atoms with Gasteiger partial charge in [-0.3, -0.25) is 4.79 Å². The van der Waals surface area contributed by atoms with E-state index in [1.807, 2.05) is 84.9 Å². The summed E-state index contributed by atoms with van der Waals surface area (Å²) in [7, 11) is 3.34. The molecule has 0 spiro atoms. The SMILES string of the molecule is COc1ccc([C@@H](NC(=O)OC(C)(C)C)[C@@H](Sc2ccccc2)C(=O)N(C)c2ccccc2)cc1. The first-order chi connectivity index (χ1) is 16.7. The van der Waals surface area contributed by atoms with Crippen molar-refractivity contribution >= 4 is 29.4 Å². The largest absolute Gasteiger partial charge is 0.497 e. The molecule has 0 saturated carbocycles. The highest BCUT2D eigenvalue weighted by molar-refractivity contribution is 8.00. The Morgan fingerprint density at radius 3 is 2.00 bits per heavy atom. The van der Waals surface area contributed by atoms with Crippen LogP contribution in [0.25, 0.3) is 0 Å². The van der Waals surface area contributed by atoms with Crippen LogP contribution in [0.5, 0.6) is 5.75 Å². The van der Waals surface area contributed by atoms with E-state index in [0.29, 0.717) is 5.75 Å². The van der Waals surface area contributed by atoms with Gasteiger partial charge in [0.2, 0.25) is 5.91 Å². The smallest absolute Gasteiger partial charge is 0.408 e. The Hall–Kier alpha value is -3.45. The quantitative estimate of drug-likeness (QED) is 0.386. The number of nitrogens with zero attached hydrogens (tertiary/aromatic N) is 1. The Labute approximate surface area is 211 Å². The molecular formula is C28H32N2O4S. The summed E-state index contributed by atoms with van der Waals surface area (Å²) >= 11 is 1.40. The summed E-state index contributed by atoms with van der Waals surface area (Å²) in [6, 6.07) is 25.8. The van der Waals surface area contributed by atoms with E-state index in [1.54, 1.807) is 39.8 Å². The molecule has 3 aromatic rings. The number of ether oxygens (including phenoxy) is 2. The predicted octanol–water partition coefficient (Wildman–Crippen LogP) is 6.08. The van der Waals surface area contributed by atoms with E-state index in [0.717, 1.165) is 16.1 Å². The number of anilines is 1. The van der Waals surface area contributed by atoms with Gasteiger partial charge in [-0.1, -0.05) is 48.5 Å². The van der Waals surface area contributed by atoms with Crippen molar-refractivity contribution in [1.82, 2.24) is 5.32 Å². The average molecular weight is 493 g/mol. The van der Waals surface area contributed by atoms with Crippen LogP contribution >= 0.6 is 11.8 Å². The van der Waals surface area contributed by atoms with Gasteiger partial charge < -0.3 is 19.7 Å². The molecule has 0 fully saturated rings. The summed E-state index contributed by atoms with van der Waals surface area (Å²) in [4.78, 5) is 29.4. The number of hydrogen-bond donors (Lipinski definition) is 1. The van der Waals surface area contributed by atoms with E-state index in [4.69, 9.17) is 9.47 Å². The van der Waals surface area contributed by atoms with Crippen LogP contribution in [0.1, 0.15) is 32.4 Å². The molecule has 0 aliphatic heterocycles. The van der Waals surface area contributed by atoms with E-state index in [2.05, 4.69) is 5.32 Å². The number of amides is 2. The minimum absolute atomic E-state index is 0.151. The fourth-order valence-corrected chi connectivity index (χ4v) is 4.68. The van der Waals surface area contributed by atoms with Crippen molar-refractivity contribution in [3.05, 3.63) is 90.5 Å². The van der Waals surface area contributed by atoms with Gasteiger partial charge in [0.1, 0.15) is 16.6 Å². The van der Waals surface area contributed by atoms with Gasteiger partial charge in [-0.05, 0) is 62.7 Å². The molecule has 3 aromatic carbocycles. The Morgan fingerprint density at radius 1 is 0.886 bits per heavy atom. The van der Waals surface area contributed by atoms with Crippen molar-refractivity contribution in [3.63, 3.8) is 0 Å². The van der Waals surface area contributed by atoms with Gasteiger partial charge in [0.15, 0.2) is 0 Å². The Morgan fingerprint density at radius 2 is 1.46 bits per heavy atom. The second kappa shape index (κ2) is 11.8. The minimum atomic E-state index is -0.679. The molecule has 3 rings (SSSR count). The van der Waals surface area contributed by atoms with E-state index in [1.165, 1.54) is 11.8 Å². The first-order valence-corrected chi connectivity index (χ1v) is 12.2. The van der Waals surface area contributed by atoms with Crippen molar-refractivity contribution in [1.29, 1.82) is 0 Å². The molecule has 0 bridgehead atoms. The number of para-hydroxylation sites is 1. The fourth-order valence-electron chi connectivity index (χ4n) is 3.46. The number of carbonyl (C=O) groups excluding carboxylic acids is 2. The first kappa shape index (κ1) is 26.2. The molecule has 0 heterocycles. The molecule has 7 heteroatoms. The lowest BCUT2D eigenvalue weighted by Gasteiger charge is -2.31. The molecule has 0 unspecified atom stereocenters. The van der Waals surface area contributed by atoms with Gasteiger partial charge in [-0.15, -0.1) is 11.8 Å². The average Bonchev–Trinajstić information content (AvgIpc) is 2.85. The van der Waals surface area contributed by atoms with Gasteiger partial charge in [0.25, 0.3) is 0 Å². The minimum Gasteiger partial charge on any atom is -0.497 e. The zero-order chi connectivity index (χ0) is 25.4. The molecule has 0 aromatic heterocycles. The van der Waals surface area contributed by atoms with Crippen molar-refractivity contribution in [2.75, 3.05) is 19.1 Å². The van der Waals surface area contributed by atoms with Crippen LogP contribution in [-0.2, 0) is 9.53 Å². The lowest BCUT2D eigenvalue weighted by atomic mass is 10.0. The summed E-state index contributed by atoms with van der Waals surface area (Å²) in [5, 5.41) is 2.29. The van der Waals surface area contributed by atoms with E-state index < -0.39 is 23.0 Å². The summed E-state index contributed by atoms with van der Waals surface area (Å²) < 4.78 is 10.9. The highest BCUT2D eigenvalue weighted by atomic mass is 32.2. The van der Waals surface area contributed by atoms with Crippen LogP contribution < -0.4 is 15.0 Å². The molecule has 2 atom stereocenters. The molecular weight excluding hydrogens is 460 g/mol. The number of alkyl carbamates (subject to hydrolysis) is 1. The fraction of sp³-hybridized carbons (Fsp3) is 0.286. The van der Waals surface area contributed by atoms with Crippen LogP contribution in [0.4, 0.5) is 10.5 Å². The lowest BCUT2D eigenvalue weighted by Crippen LogP contribution is -2.45. The van der Waals surface area contributed by atoms with Crippen molar-refractivity contribution in [3.8, 4) is 5.75 Å². The summed E-state index contributed by atoms with van der Waals surface area (Å²) in [6.07, 6.45) is -0.591. The van der Waals surface area contributed by atoms with Crippen LogP contribution in [0, 0.1) is 0 Å². The van der Waals surface area contributed by atoms with Crippen LogP contribution in [0.2, 0.25) is 0 Å². The standard InChI is InChI=1S/C28H32N2O4S/c1-28(2,3)34-27(32)29-24(20-16-18-22(33-5)19-17-20)25(35-23-14-10-7-11-15-23)26(31)30(4)21-12-8-6-9-13-21/h6-19,24-25H,1-5H3,(H,29,32)/t24-,25-/m1/s1. The van der Waals surface area contributed by atoms with Crippen molar-refractivity contribution in [2.45, 2.75) is 42.6 Å². The van der Waals surface area contributed by atoms with Gasteiger partial charge in [0, 0.05) is 17.6 Å². The number of nitrogens with one attached hydrogen (secondary N) is 1. The van der Waals surface area contributed by atoms with Crippen molar-refractivity contribution in [2.24, 2.45) is 0 Å². The molecule has 1 N–H and O–H groups in total. The normalized spacial score (nSPS) is 12.8. The third kappa shape index (κ3) is 7.52. The maximum Gasteiger partial charge on any atom is 0.408 e. The van der Waals surface area contributed by atoms with Crippen LogP contribution in [-0.4, -0.2) is 37.0 Å². The maximum atomic E-state index is 13.9. The van der Waals surface area contributed by atoms with Crippen LogP contribution in [0.15, 0.2) is 89.8 Å². The second-order valence-electron chi connectivity index (χ2n) is 8.98. The molecule has 35 heavy (non-hydrogen) atoms. The summed E-state index contributed by atoms with van der Waals surface area (Å²) in [5.74, 6) is 0.534. The number of carbonyl (C=O) groups is 2. The third-order valence-corrected chi connectivity index (χ3v) is 6.45. The molecule has 0 aliphatic carbocycles. The van der Waals surface area contributed by atoms with Gasteiger partial charge in [-0.25, -0.2) is 4.79 Å². The third-order valence-electron chi connectivity index (χ3n) is 5.17. The Bertz CT molecular complexity index is 1100. The number of benzene rings is 3. The summed E-state index contributed by atoms with van der Waals surface area (Å²) in [6.45, 7) is 5.42. The van der Waals surface area contributed by atoms with E-state index >= 15 is 0 Å². The zero-order valence-electron chi connectivity index (χ0n) is 20.7. The zero-order valence-corrected chi connectivity index (χ0v) is 21.5. The number of rotatable bonds is 8. The molecule has 184 valence electrons. The number of thioether (sulfide) groups is 1. The molecule has 2 amide bonds. The van der Waals surface area contributed by atoms with E-state index in [9.17, 15) is 9.59 Å². The van der Waals surface area contributed by atoms with Crippen molar-refractivity contribution < 1.29 is 19.1 Å². The lowest BCUT2D eigenvalue weighted by molar-refractivity contribution is -0.118. The Kier molecular flexibility index (Phi) is 8.82. The second-order valence-corrected chi connectivity index (χ2v) is 10.2. The Balaban J connectivity index is 2.03. The van der Waals surface area contributed by atoms with Gasteiger partial charge >= 0.3 is 6.09 Å². The summed E-state index contributed by atoms with van der Waals surface area (Å²) in [5.41, 5.74) is 0.850. The first-order valence-electron chi connectivity index (χ1n) is 11.4. The van der Waals surface area contributed by atoms with Gasteiger partial charge in [-0.2, -0.15) is 0 Å². The highest BCUT2D eigenvalue weighted by Crippen LogP contribution is 2.35. The number of hydrogen-bond acceptors (Lipinski definition) is 5.